The van der Waals surface area contributed by atoms with E-state index in [0.29, 0.717) is 11.6 Å². The van der Waals surface area contributed by atoms with Crippen molar-refractivity contribution in [3.05, 3.63) is 34.3 Å². The molecule has 4 nitrogen and oxygen atoms in total. The van der Waals surface area contributed by atoms with Crippen LogP contribution in [0.2, 0.25) is 0 Å². The summed E-state index contributed by atoms with van der Waals surface area (Å²) in [4.78, 5) is 24.3. The summed E-state index contributed by atoms with van der Waals surface area (Å²) in [5.74, 6) is -0.261. The number of halogens is 1. The molecule has 1 aromatic rings. The molecule has 0 spiro atoms. The molecule has 1 aliphatic rings. The van der Waals surface area contributed by atoms with E-state index in [1.807, 2.05) is 26.0 Å². The first-order chi connectivity index (χ1) is 9.47. The summed E-state index contributed by atoms with van der Waals surface area (Å²) < 4.78 is 0.918. The Morgan fingerprint density at radius 1 is 1.20 bits per heavy atom. The Morgan fingerprint density at radius 2 is 1.80 bits per heavy atom. The topological polar surface area (TPSA) is 58.2 Å². The third kappa shape index (κ3) is 4.07. The Kier molecular flexibility index (Phi) is 4.81. The standard InChI is InChI=1S/C15H19BrN2O2/c1-9(2)13(15(20)17-12-7-8-12)18-14(19)10-3-5-11(16)6-4-10/h3-6,9,12-13H,7-8H2,1-2H3,(H,17,20)(H,18,19)/t13-/m1/s1. The van der Waals surface area contributed by atoms with Gasteiger partial charge in [-0.1, -0.05) is 29.8 Å². The lowest BCUT2D eigenvalue weighted by molar-refractivity contribution is -0.124. The van der Waals surface area contributed by atoms with Crippen molar-refractivity contribution in [2.75, 3.05) is 0 Å². The maximum Gasteiger partial charge on any atom is 0.251 e. The normalized spacial score (nSPS) is 15.8. The predicted molar refractivity (Wildman–Crippen MR) is 81.4 cm³/mol. The fraction of sp³-hybridized carbons (Fsp3) is 0.467. The molecule has 108 valence electrons. The number of rotatable bonds is 5. The highest BCUT2D eigenvalue weighted by Gasteiger charge is 2.30. The summed E-state index contributed by atoms with van der Waals surface area (Å²) in [6.45, 7) is 3.86. The zero-order chi connectivity index (χ0) is 14.7. The predicted octanol–water partition coefficient (Wildman–Crippen LogP) is 2.48. The number of amides is 2. The Hall–Kier alpha value is -1.36. The molecule has 1 saturated carbocycles. The van der Waals surface area contributed by atoms with E-state index in [0.717, 1.165) is 17.3 Å². The molecule has 0 bridgehead atoms. The summed E-state index contributed by atoms with van der Waals surface area (Å²) >= 11 is 3.33. The molecule has 5 heteroatoms. The highest BCUT2D eigenvalue weighted by molar-refractivity contribution is 9.10. The Morgan fingerprint density at radius 3 is 2.30 bits per heavy atom. The molecular formula is C15H19BrN2O2. The molecule has 2 rings (SSSR count). The van der Waals surface area contributed by atoms with Crippen LogP contribution in [0.4, 0.5) is 0 Å². The Bertz CT molecular complexity index is 495. The van der Waals surface area contributed by atoms with Gasteiger partial charge in [-0.2, -0.15) is 0 Å². The number of carbonyl (C=O) groups is 2. The molecule has 1 atom stereocenters. The van der Waals surface area contributed by atoms with Crippen molar-refractivity contribution in [1.82, 2.24) is 10.6 Å². The largest absolute Gasteiger partial charge is 0.352 e. The van der Waals surface area contributed by atoms with Gasteiger partial charge < -0.3 is 10.6 Å². The first-order valence-electron chi connectivity index (χ1n) is 6.84. The van der Waals surface area contributed by atoms with Crippen LogP contribution in [-0.2, 0) is 4.79 Å². The van der Waals surface area contributed by atoms with Crippen LogP contribution in [0.3, 0.4) is 0 Å². The number of hydrogen-bond acceptors (Lipinski definition) is 2. The second kappa shape index (κ2) is 6.39. The maximum absolute atomic E-state index is 12.2. The van der Waals surface area contributed by atoms with E-state index in [4.69, 9.17) is 0 Å². The average molecular weight is 339 g/mol. The molecule has 0 radical (unpaired) electrons. The van der Waals surface area contributed by atoms with Gasteiger partial charge in [-0.25, -0.2) is 0 Å². The Balaban J connectivity index is 2.01. The summed E-state index contributed by atoms with van der Waals surface area (Å²) in [5, 5.41) is 5.76. The van der Waals surface area contributed by atoms with Crippen molar-refractivity contribution in [3.63, 3.8) is 0 Å². The zero-order valence-electron chi connectivity index (χ0n) is 11.7. The van der Waals surface area contributed by atoms with Gasteiger partial charge in [0.15, 0.2) is 0 Å². The third-order valence-electron chi connectivity index (χ3n) is 3.27. The van der Waals surface area contributed by atoms with Crippen molar-refractivity contribution in [2.24, 2.45) is 5.92 Å². The monoisotopic (exact) mass is 338 g/mol. The van der Waals surface area contributed by atoms with Gasteiger partial charge in [0, 0.05) is 16.1 Å². The van der Waals surface area contributed by atoms with Crippen LogP contribution < -0.4 is 10.6 Å². The summed E-state index contributed by atoms with van der Waals surface area (Å²) in [5.41, 5.74) is 0.554. The minimum atomic E-state index is -0.494. The molecule has 1 fully saturated rings. The molecule has 2 N–H and O–H groups in total. The highest BCUT2D eigenvalue weighted by Crippen LogP contribution is 2.19. The quantitative estimate of drug-likeness (QED) is 0.866. The van der Waals surface area contributed by atoms with Gasteiger partial charge in [0.25, 0.3) is 5.91 Å². The first kappa shape index (κ1) is 15.0. The zero-order valence-corrected chi connectivity index (χ0v) is 13.2. The van der Waals surface area contributed by atoms with Crippen LogP contribution >= 0.6 is 15.9 Å². The van der Waals surface area contributed by atoms with Crippen LogP contribution in [0, 0.1) is 5.92 Å². The lowest BCUT2D eigenvalue weighted by atomic mass is 10.0. The van der Waals surface area contributed by atoms with Crippen LogP contribution in [0.25, 0.3) is 0 Å². The Labute approximate surface area is 127 Å². The molecule has 0 heterocycles. The second-order valence-electron chi connectivity index (χ2n) is 5.48. The van der Waals surface area contributed by atoms with Crippen molar-refractivity contribution in [3.8, 4) is 0 Å². The van der Waals surface area contributed by atoms with Crippen molar-refractivity contribution in [2.45, 2.75) is 38.8 Å². The lowest BCUT2D eigenvalue weighted by Crippen LogP contribution is -2.50. The molecule has 2 amide bonds. The lowest BCUT2D eigenvalue weighted by Gasteiger charge is -2.21. The van der Waals surface area contributed by atoms with E-state index in [1.54, 1.807) is 12.1 Å². The van der Waals surface area contributed by atoms with Crippen LogP contribution in [0.15, 0.2) is 28.7 Å². The molecule has 0 unspecified atom stereocenters. The van der Waals surface area contributed by atoms with Gasteiger partial charge in [0.05, 0.1) is 0 Å². The number of carbonyl (C=O) groups excluding carboxylic acids is 2. The van der Waals surface area contributed by atoms with E-state index in [-0.39, 0.29) is 17.7 Å². The summed E-state index contributed by atoms with van der Waals surface area (Å²) in [6, 6.07) is 6.89. The smallest absolute Gasteiger partial charge is 0.251 e. The van der Waals surface area contributed by atoms with Crippen LogP contribution in [0.1, 0.15) is 37.0 Å². The maximum atomic E-state index is 12.2. The summed E-state index contributed by atoms with van der Waals surface area (Å²) in [7, 11) is 0. The molecule has 0 saturated heterocycles. The molecule has 20 heavy (non-hydrogen) atoms. The fourth-order valence-corrected chi connectivity index (χ4v) is 2.14. The molecule has 0 aliphatic heterocycles. The van der Waals surface area contributed by atoms with Crippen LogP contribution in [-0.4, -0.2) is 23.9 Å². The highest BCUT2D eigenvalue weighted by atomic mass is 79.9. The van der Waals surface area contributed by atoms with Gasteiger partial charge >= 0.3 is 0 Å². The van der Waals surface area contributed by atoms with E-state index in [1.165, 1.54) is 0 Å². The average Bonchev–Trinajstić information content (AvgIpc) is 3.19. The minimum Gasteiger partial charge on any atom is -0.352 e. The molecule has 0 aromatic heterocycles. The van der Waals surface area contributed by atoms with Gasteiger partial charge in [0.1, 0.15) is 6.04 Å². The van der Waals surface area contributed by atoms with Crippen molar-refractivity contribution < 1.29 is 9.59 Å². The molecule has 1 aliphatic carbocycles. The minimum absolute atomic E-state index is 0.0492. The first-order valence-corrected chi connectivity index (χ1v) is 7.63. The molecular weight excluding hydrogens is 320 g/mol. The van der Waals surface area contributed by atoms with Gasteiger partial charge in [0.2, 0.25) is 5.91 Å². The van der Waals surface area contributed by atoms with Gasteiger partial charge in [-0.05, 0) is 43.0 Å². The van der Waals surface area contributed by atoms with Gasteiger partial charge in [-0.3, -0.25) is 9.59 Å². The summed E-state index contributed by atoms with van der Waals surface area (Å²) in [6.07, 6.45) is 2.08. The third-order valence-corrected chi connectivity index (χ3v) is 3.79. The SMILES string of the molecule is CC(C)[C@@H](NC(=O)c1ccc(Br)cc1)C(=O)NC1CC1. The van der Waals surface area contributed by atoms with E-state index < -0.39 is 6.04 Å². The van der Waals surface area contributed by atoms with Crippen molar-refractivity contribution >= 4 is 27.7 Å². The van der Waals surface area contributed by atoms with Gasteiger partial charge in [-0.15, -0.1) is 0 Å². The number of nitrogens with one attached hydrogen (secondary N) is 2. The van der Waals surface area contributed by atoms with E-state index in [9.17, 15) is 9.59 Å². The van der Waals surface area contributed by atoms with Crippen molar-refractivity contribution in [1.29, 1.82) is 0 Å². The second-order valence-corrected chi connectivity index (χ2v) is 6.40. The van der Waals surface area contributed by atoms with Crippen LogP contribution in [0.5, 0.6) is 0 Å². The number of benzene rings is 1. The van der Waals surface area contributed by atoms with E-state index in [2.05, 4.69) is 26.6 Å². The number of hydrogen-bond donors (Lipinski definition) is 2. The molecule has 1 aromatic carbocycles. The fourth-order valence-electron chi connectivity index (χ4n) is 1.88. The van der Waals surface area contributed by atoms with E-state index >= 15 is 0 Å².